The number of hydrogen-bond donors (Lipinski definition) is 3. The summed E-state index contributed by atoms with van der Waals surface area (Å²) in [5.41, 5.74) is 6.16. The largest absolute Gasteiger partial charge is 0.489 e. The van der Waals surface area contributed by atoms with Crippen molar-refractivity contribution in [3.05, 3.63) is 66.1 Å². The van der Waals surface area contributed by atoms with Crippen LogP contribution in [0.15, 0.2) is 58.5 Å². The van der Waals surface area contributed by atoms with Crippen LogP contribution in [0.2, 0.25) is 0 Å². The van der Waals surface area contributed by atoms with Crippen LogP contribution in [0.25, 0.3) is 0 Å². The smallest absolute Gasteiger partial charge is 0.284 e. The molecule has 7 heteroatoms. The summed E-state index contributed by atoms with van der Waals surface area (Å²) in [7, 11) is 0. The van der Waals surface area contributed by atoms with Crippen LogP contribution in [0.5, 0.6) is 5.75 Å². The number of furan rings is 1. The third-order valence-corrected chi connectivity index (χ3v) is 3.42. The predicted octanol–water partition coefficient (Wildman–Crippen LogP) is 2.20. The molecule has 1 aromatic heterocycles. The number of carbonyl (C=O) groups is 1. The third-order valence-electron chi connectivity index (χ3n) is 3.42. The molecule has 0 unspecified atom stereocenters. The maximum Gasteiger partial charge on any atom is 0.284 e. The lowest BCUT2D eigenvalue weighted by Gasteiger charge is -2.12. The van der Waals surface area contributed by atoms with Gasteiger partial charge in [0.2, 0.25) is 0 Å². The SMILES string of the molecule is C=CCOc1ccccc1CN=C(NCC)NCc1ccc(C(N)=O)o1. The molecule has 0 bridgehead atoms. The van der Waals surface area contributed by atoms with Gasteiger partial charge in [-0.15, -0.1) is 0 Å². The highest BCUT2D eigenvalue weighted by Gasteiger charge is 2.08. The number of aliphatic imine (C=N–C) groups is 1. The van der Waals surface area contributed by atoms with Crippen LogP contribution in [0.3, 0.4) is 0 Å². The Labute approximate surface area is 152 Å². The van der Waals surface area contributed by atoms with E-state index in [2.05, 4.69) is 22.2 Å². The molecule has 1 heterocycles. The highest BCUT2D eigenvalue weighted by Crippen LogP contribution is 2.18. The van der Waals surface area contributed by atoms with Crippen molar-refractivity contribution < 1.29 is 13.9 Å². The second-order valence-electron chi connectivity index (χ2n) is 5.39. The van der Waals surface area contributed by atoms with Gasteiger partial charge >= 0.3 is 0 Å². The number of hydrogen-bond acceptors (Lipinski definition) is 4. The van der Waals surface area contributed by atoms with Crippen LogP contribution in [-0.2, 0) is 13.1 Å². The maximum absolute atomic E-state index is 11.1. The second kappa shape index (κ2) is 9.93. The van der Waals surface area contributed by atoms with Gasteiger partial charge in [0.25, 0.3) is 5.91 Å². The van der Waals surface area contributed by atoms with Crippen LogP contribution in [0.4, 0.5) is 0 Å². The molecule has 4 N–H and O–H groups in total. The molecule has 0 fully saturated rings. The summed E-state index contributed by atoms with van der Waals surface area (Å²) in [5.74, 6) is 1.55. The first-order valence-electron chi connectivity index (χ1n) is 8.36. The minimum atomic E-state index is -0.590. The van der Waals surface area contributed by atoms with E-state index in [1.54, 1.807) is 18.2 Å². The van der Waals surface area contributed by atoms with Crippen molar-refractivity contribution in [3.63, 3.8) is 0 Å². The zero-order chi connectivity index (χ0) is 18.8. The van der Waals surface area contributed by atoms with Gasteiger partial charge in [-0.3, -0.25) is 4.79 Å². The van der Waals surface area contributed by atoms with Crippen LogP contribution in [0.1, 0.15) is 28.8 Å². The first-order valence-corrected chi connectivity index (χ1v) is 8.36. The molecule has 0 saturated heterocycles. The van der Waals surface area contributed by atoms with E-state index in [1.165, 1.54) is 0 Å². The number of nitrogens with two attached hydrogens (primary N) is 1. The van der Waals surface area contributed by atoms with Crippen molar-refractivity contribution in [1.29, 1.82) is 0 Å². The van der Waals surface area contributed by atoms with Gasteiger partial charge < -0.3 is 25.5 Å². The summed E-state index contributed by atoms with van der Waals surface area (Å²) in [6.07, 6.45) is 1.70. The molecular weight excluding hydrogens is 332 g/mol. The van der Waals surface area contributed by atoms with Crippen LogP contribution >= 0.6 is 0 Å². The lowest BCUT2D eigenvalue weighted by Crippen LogP contribution is -2.36. The fourth-order valence-corrected chi connectivity index (χ4v) is 2.21. The molecule has 0 atom stereocenters. The quantitative estimate of drug-likeness (QED) is 0.363. The molecule has 1 aromatic carbocycles. The number of nitrogens with one attached hydrogen (secondary N) is 2. The molecule has 2 aromatic rings. The van der Waals surface area contributed by atoms with E-state index in [9.17, 15) is 4.79 Å². The Balaban J connectivity index is 2.01. The molecule has 0 aliphatic carbocycles. The van der Waals surface area contributed by atoms with Gasteiger partial charge in [-0.05, 0) is 25.1 Å². The zero-order valence-electron chi connectivity index (χ0n) is 14.8. The molecule has 1 amide bonds. The topological polar surface area (TPSA) is 102 Å². The van der Waals surface area contributed by atoms with E-state index < -0.39 is 5.91 Å². The normalized spacial score (nSPS) is 11.0. The van der Waals surface area contributed by atoms with Crippen molar-refractivity contribution >= 4 is 11.9 Å². The van der Waals surface area contributed by atoms with Crippen molar-refractivity contribution in [1.82, 2.24) is 10.6 Å². The Kier molecular flexibility index (Phi) is 7.30. The molecule has 0 aliphatic rings. The summed E-state index contributed by atoms with van der Waals surface area (Å²) in [4.78, 5) is 15.6. The maximum atomic E-state index is 11.1. The van der Waals surface area contributed by atoms with E-state index >= 15 is 0 Å². The number of rotatable bonds is 9. The first kappa shape index (κ1) is 19.1. The molecule has 2 rings (SSSR count). The molecule has 138 valence electrons. The molecule has 0 spiro atoms. The molecular formula is C19H24N4O3. The fourth-order valence-electron chi connectivity index (χ4n) is 2.21. The molecule has 0 radical (unpaired) electrons. The molecule has 26 heavy (non-hydrogen) atoms. The number of ether oxygens (including phenoxy) is 1. The molecule has 0 saturated carbocycles. The van der Waals surface area contributed by atoms with Gasteiger partial charge in [0, 0.05) is 12.1 Å². The second-order valence-corrected chi connectivity index (χ2v) is 5.39. The molecule has 0 aliphatic heterocycles. The summed E-state index contributed by atoms with van der Waals surface area (Å²) >= 11 is 0. The average Bonchev–Trinajstić information content (AvgIpc) is 3.12. The Morgan fingerprint density at radius 1 is 1.31 bits per heavy atom. The number of carbonyl (C=O) groups excluding carboxylic acids is 1. The van der Waals surface area contributed by atoms with Gasteiger partial charge in [-0.2, -0.15) is 0 Å². The van der Waals surface area contributed by atoms with E-state index in [4.69, 9.17) is 14.9 Å². The Morgan fingerprint density at radius 3 is 2.81 bits per heavy atom. The minimum Gasteiger partial charge on any atom is -0.489 e. The minimum absolute atomic E-state index is 0.136. The Bertz CT molecular complexity index is 768. The van der Waals surface area contributed by atoms with E-state index in [0.29, 0.717) is 38.0 Å². The van der Waals surface area contributed by atoms with Gasteiger partial charge in [-0.25, -0.2) is 4.99 Å². The average molecular weight is 356 g/mol. The Hall–Kier alpha value is -3.22. The number of primary amides is 1. The zero-order valence-corrected chi connectivity index (χ0v) is 14.8. The van der Waals surface area contributed by atoms with E-state index in [0.717, 1.165) is 11.3 Å². The van der Waals surface area contributed by atoms with Gasteiger partial charge in [0.1, 0.15) is 18.1 Å². The van der Waals surface area contributed by atoms with Gasteiger partial charge in [0.15, 0.2) is 11.7 Å². The fraction of sp³-hybridized carbons (Fsp3) is 0.263. The van der Waals surface area contributed by atoms with Crippen molar-refractivity contribution in [3.8, 4) is 5.75 Å². The predicted molar refractivity (Wildman–Crippen MR) is 101 cm³/mol. The van der Waals surface area contributed by atoms with Crippen LogP contribution in [-0.4, -0.2) is 25.0 Å². The summed E-state index contributed by atoms with van der Waals surface area (Å²) in [6.45, 7) is 7.63. The standard InChI is InChI=1S/C19H24N4O3/c1-3-11-25-16-8-6-5-7-14(16)12-22-19(21-4-2)23-13-15-9-10-17(26-15)18(20)24/h3,5-10H,1,4,11-13H2,2H3,(H2,20,24)(H2,21,22,23). The number of para-hydroxylation sites is 1. The van der Waals surface area contributed by atoms with E-state index in [-0.39, 0.29) is 5.76 Å². The molecule has 7 nitrogen and oxygen atoms in total. The van der Waals surface area contributed by atoms with E-state index in [1.807, 2.05) is 31.2 Å². The summed E-state index contributed by atoms with van der Waals surface area (Å²) < 4.78 is 11.0. The van der Waals surface area contributed by atoms with Crippen molar-refractivity contribution in [2.24, 2.45) is 10.7 Å². The number of nitrogens with zero attached hydrogens (tertiary/aromatic N) is 1. The number of benzene rings is 1. The Morgan fingerprint density at radius 2 is 2.12 bits per heavy atom. The van der Waals surface area contributed by atoms with Crippen molar-refractivity contribution in [2.75, 3.05) is 13.2 Å². The summed E-state index contributed by atoms with van der Waals surface area (Å²) in [5, 5.41) is 6.32. The highest BCUT2D eigenvalue weighted by atomic mass is 16.5. The first-order chi connectivity index (χ1) is 12.6. The lowest BCUT2D eigenvalue weighted by atomic mass is 10.2. The lowest BCUT2D eigenvalue weighted by molar-refractivity contribution is 0.0972. The van der Waals surface area contributed by atoms with Crippen LogP contribution < -0.4 is 21.1 Å². The van der Waals surface area contributed by atoms with Crippen LogP contribution in [0, 0.1) is 0 Å². The highest BCUT2D eigenvalue weighted by molar-refractivity contribution is 5.89. The summed E-state index contributed by atoms with van der Waals surface area (Å²) in [6, 6.07) is 11.0. The van der Waals surface area contributed by atoms with Gasteiger partial charge in [-0.1, -0.05) is 30.9 Å². The van der Waals surface area contributed by atoms with Gasteiger partial charge in [0.05, 0.1) is 13.1 Å². The monoisotopic (exact) mass is 356 g/mol. The third kappa shape index (κ3) is 5.70. The number of guanidine groups is 1. The van der Waals surface area contributed by atoms with Crippen molar-refractivity contribution in [2.45, 2.75) is 20.0 Å². The number of amides is 1.